The van der Waals surface area contributed by atoms with E-state index in [-0.39, 0.29) is 39.9 Å². The Morgan fingerprint density at radius 2 is 1.76 bits per heavy atom. The monoisotopic (exact) mass is 522 g/mol. The third-order valence-electron chi connectivity index (χ3n) is 5.48. The quantitative estimate of drug-likeness (QED) is 0.343. The van der Waals surface area contributed by atoms with Crippen molar-refractivity contribution in [3.8, 4) is 0 Å². The number of amides is 1. The van der Waals surface area contributed by atoms with Crippen LogP contribution in [0.4, 0.5) is 0 Å². The van der Waals surface area contributed by atoms with E-state index in [9.17, 15) is 13.2 Å². The van der Waals surface area contributed by atoms with Crippen molar-refractivity contribution in [1.29, 1.82) is 0 Å². The first kappa shape index (κ1) is 24.2. The van der Waals surface area contributed by atoms with Crippen molar-refractivity contribution in [2.24, 2.45) is 5.92 Å². The second-order valence-electron chi connectivity index (χ2n) is 8.13. The Morgan fingerprint density at radius 1 is 1.00 bits per heavy atom. The molecule has 33 heavy (non-hydrogen) atoms. The number of thiophene rings is 1. The van der Waals surface area contributed by atoms with E-state index >= 15 is 0 Å². The Bertz CT molecular complexity index is 1200. The highest BCUT2D eigenvalue weighted by Gasteiger charge is 2.35. The first-order valence-corrected chi connectivity index (χ1v) is 13.7. The summed E-state index contributed by atoms with van der Waals surface area (Å²) in [5, 5.41) is 2.33. The minimum absolute atomic E-state index is 0.0713. The maximum Gasteiger partial charge on any atom is 0.245 e. The number of halogens is 2. The Kier molecular flexibility index (Phi) is 7.76. The summed E-state index contributed by atoms with van der Waals surface area (Å²) in [7, 11) is -4.00. The van der Waals surface area contributed by atoms with Crippen LogP contribution < -0.4 is 0 Å². The lowest BCUT2D eigenvalue weighted by atomic mass is 10.2. The Labute approximate surface area is 208 Å². The second-order valence-corrected chi connectivity index (χ2v) is 11.9. The van der Waals surface area contributed by atoms with Crippen LogP contribution in [0, 0.1) is 5.92 Å². The summed E-state index contributed by atoms with van der Waals surface area (Å²) < 4.78 is 28.3. The van der Waals surface area contributed by atoms with Gasteiger partial charge in [-0.1, -0.05) is 59.6 Å². The summed E-state index contributed by atoms with van der Waals surface area (Å²) in [5.41, 5.74) is 0.983. The van der Waals surface area contributed by atoms with Crippen LogP contribution in [0.2, 0.25) is 10.0 Å². The Hall–Kier alpha value is -1.90. The number of rotatable bonds is 10. The van der Waals surface area contributed by atoms with Crippen molar-refractivity contribution < 1.29 is 13.2 Å². The van der Waals surface area contributed by atoms with Crippen molar-refractivity contribution in [2.75, 3.05) is 13.1 Å². The molecule has 0 unspecified atom stereocenters. The van der Waals surface area contributed by atoms with Crippen molar-refractivity contribution in [3.05, 3.63) is 86.5 Å². The molecule has 1 saturated carbocycles. The van der Waals surface area contributed by atoms with Crippen molar-refractivity contribution in [2.45, 2.75) is 30.8 Å². The molecule has 5 nitrogen and oxygen atoms in total. The van der Waals surface area contributed by atoms with E-state index in [1.165, 1.54) is 16.4 Å². The van der Waals surface area contributed by atoms with Gasteiger partial charge in [0.15, 0.2) is 0 Å². The van der Waals surface area contributed by atoms with Gasteiger partial charge in [0, 0.05) is 23.0 Å². The molecule has 0 radical (unpaired) electrons. The molecule has 0 N–H and O–H groups in total. The zero-order chi connectivity index (χ0) is 23.4. The number of hydrogen-bond donors (Lipinski definition) is 0. The van der Waals surface area contributed by atoms with Crippen LogP contribution in [0.3, 0.4) is 0 Å². The fraction of sp³-hybridized carbons (Fsp3) is 0.292. The van der Waals surface area contributed by atoms with Crippen LogP contribution in [0.25, 0.3) is 0 Å². The largest absolute Gasteiger partial charge is 0.332 e. The molecule has 1 heterocycles. The van der Waals surface area contributed by atoms with E-state index < -0.39 is 10.0 Å². The van der Waals surface area contributed by atoms with Crippen molar-refractivity contribution >= 4 is 50.5 Å². The van der Waals surface area contributed by atoms with Crippen molar-refractivity contribution in [3.63, 3.8) is 0 Å². The van der Waals surface area contributed by atoms with Gasteiger partial charge in [-0.2, -0.15) is 4.31 Å². The smallest absolute Gasteiger partial charge is 0.245 e. The minimum atomic E-state index is -4.00. The summed E-state index contributed by atoms with van der Waals surface area (Å²) in [6.07, 6.45) is 1.90. The minimum Gasteiger partial charge on any atom is -0.332 e. The van der Waals surface area contributed by atoms with Crippen LogP contribution in [0.1, 0.15) is 23.3 Å². The molecular formula is C24H24Cl2N2O3S2. The molecule has 0 spiro atoms. The number of nitrogens with zero attached hydrogens (tertiary/aromatic N) is 2. The van der Waals surface area contributed by atoms with Gasteiger partial charge in [-0.05, 0) is 54.0 Å². The molecule has 1 aromatic heterocycles. The molecule has 0 saturated heterocycles. The molecule has 1 aliphatic carbocycles. The van der Waals surface area contributed by atoms with E-state index in [1.54, 1.807) is 22.3 Å². The van der Waals surface area contributed by atoms with Gasteiger partial charge >= 0.3 is 0 Å². The number of hydrogen-bond acceptors (Lipinski definition) is 4. The van der Waals surface area contributed by atoms with Crippen LogP contribution in [-0.2, 0) is 27.9 Å². The number of carbonyl (C=O) groups excluding carboxylic acids is 1. The van der Waals surface area contributed by atoms with Gasteiger partial charge in [0.2, 0.25) is 15.9 Å². The Balaban J connectivity index is 1.60. The highest BCUT2D eigenvalue weighted by atomic mass is 35.5. The van der Waals surface area contributed by atoms with Gasteiger partial charge in [0.05, 0.1) is 18.1 Å². The zero-order valence-corrected chi connectivity index (χ0v) is 21.0. The van der Waals surface area contributed by atoms with Crippen LogP contribution in [-0.4, -0.2) is 36.6 Å². The van der Waals surface area contributed by atoms with Gasteiger partial charge in [-0.25, -0.2) is 8.42 Å². The fourth-order valence-electron chi connectivity index (χ4n) is 3.53. The van der Waals surface area contributed by atoms with Gasteiger partial charge in [-0.3, -0.25) is 4.79 Å². The lowest BCUT2D eigenvalue weighted by Gasteiger charge is -2.27. The third-order valence-corrected chi connectivity index (χ3v) is 8.87. The summed E-state index contributed by atoms with van der Waals surface area (Å²) in [6.45, 7) is 0.850. The molecule has 9 heteroatoms. The molecule has 174 valence electrons. The first-order valence-electron chi connectivity index (χ1n) is 10.6. The van der Waals surface area contributed by atoms with Crippen LogP contribution in [0.5, 0.6) is 0 Å². The lowest BCUT2D eigenvalue weighted by molar-refractivity contribution is -0.132. The topological polar surface area (TPSA) is 57.7 Å². The average Bonchev–Trinajstić information content (AvgIpc) is 3.47. The van der Waals surface area contributed by atoms with E-state index in [4.69, 9.17) is 23.2 Å². The predicted molar refractivity (Wildman–Crippen MR) is 133 cm³/mol. The zero-order valence-electron chi connectivity index (χ0n) is 17.9. The highest BCUT2D eigenvalue weighted by Crippen LogP contribution is 2.34. The molecule has 1 fully saturated rings. The fourth-order valence-corrected chi connectivity index (χ4v) is 6.45. The van der Waals surface area contributed by atoms with Crippen molar-refractivity contribution in [1.82, 2.24) is 9.21 Å². The van der Waals surface area contributed by atoms with Gasteiger partial charge in [0.25, 0.3) is 0 Å². The van der Waals surface area contributed by atoms with E-state index in [0.717, 1.165) is 23.3 Å². The molecule has 0 bridgehead atoms. The van der Waals surface area contributed by atoms with Gasteiger partial charge in [-0.15, -0.1) is 11.3 Å². The van der Waals surface area contributed by atoms with Crippen LogP contribution >= 0.6 is 34.5 Å². The molecule has 1 amide bonds. The summed E-state index contributed by atoms with van der Waals surface area (Å²) >= 11 is 13.8. The van der Waals surface area contributed by atoms with Gasteiger partial charge in [0.1, 0.15) is 4.90 Å². The molecule has 2 aromatic carbocycles. The number of benzene rings is 2. The molecule has 1 aliphatic rings. The molecule has 3 aromatic rings. The highest BCUT2D eigenvalue weighted by molar-refractivity contribution is 7.89. The molecule has 0 aliphatic heterocycles. The second kappa shape index (κ2) is 10.6. The summed E-state index contributed by atoms with van der Waals surface area (Å²) in [6, 6.07) is 18.0. The summed E-state index contributed by atoms with van der Waals surface area (Å²) in [5.74, 6) is 0.0000302. The molecule has 0 atom stereocenters. The standard InChI is InChI=1S/C24H24Cl2N2O3S2/c25-20-10-11-22(26)23(13-20)33(30,31)28(15-19-8-9-19)17-24(29)27(16-21-7-4-12-32-21)14-18-5-2-1-3-6-18/h1-7,10-13,19H,8-9,14-17H2. The Morgan fingerprint density at radius 3 is 2.42 bits per heavy atom. The maximum absolute atomic E-state index is 13.5. The third kappa shape index (κ3) is 6.37. The van der Waals surface area contributed by atoms with E-state index in [0.29, 0.717) is 13.1 Å². The summed E-state index contributed by atoms with van der Waals surface area (Å²) in [4.78, 5) is 16.2. The van der Waals surface area contributed by atoms with E-state index in [2.05, 4.69) is 0 Å². The number of carbonyl (C=O) groups is 1. The molecule has 4 rings (SSSR count). The van der Waals surface area contributed by atoms with Gasteiger partial charge < -0.3 is 4.90 Å². The lowest BCUT2D eigenvalue weighted by Crippen LogP contribution is -2.43. The van der Waals surface area contributed by atoms with E-state index in [1.807, 2.05) is 47.8 Å². The number of sulfonamides is 1. The first-order chi connectivity index (χ1) is 15.8. The van der Waals surface area contributed by atoms with Crippen LogP contribution in [0.15, 0.2) is 70.9 Å². The average molecular weight is 524 g/mol. The SMILES string of the molecule is O=C(CN(CC1CC1)S(=O)(=O)c1cc(Cl)ccc1Cl)N(Cc1ccccc1)Cc1cccs1. The normalized spacial score (nSPS) is 13.9. The predicted octanol–water partition coefficient (Wildman–Crippen LogP) is 5.68. The maximum atomic E-state index is 13.5. The molecular weight excluding hydrogens is 499 g/mol.